The molecule has 0 spiro atoms. The molecule has 0 aromatic heterocycles. The van der Waals surface area contributed by atoms with E-state index >= 15 is 0 Å². The standard InChI is InChI=1S/C7H6O5S.2Na/c8-6-2-1-4(13(11)12)3-5(6)7(9)10;;/h1-3,8H,(H,9,10)(H,11,12);;/q;2*+1/p-2. The molecule has 1 aromatic rings. The van der Waals surface area contributed by atoms with Gasteiger partial charge in [0.05, 0.1) is 5.56 Å². The van der Waals surface area contributed by atoms with E-state index < -0.39 is 28.4 Å². The second kappa shape index (κ2) is 7.81. The summed E-state index contributed by atoms with van der Waals surface area (Å²) >= 11 is -2.52. The Morgan fingerprint density at radius 3 is 2.27 bits per heavy atom. The average Bonchev–Trinajstić information content (AvgIpc) is 2.04. The summed E-state index contributed by atoms with van der Waals surface area (Å²) < 4.78 is 20.8. The van der Waals surface area contributed by atoms with Crippen molar-refractivity contribution < 1.29 is 82.9 Å². The van der Waals surface area contributed by atoms with Gasteiger partial charge in [-0.2, -0.15) is 0 Å². The largest absolute Gasteiger partial charge is 1.00 e. The summed E-state index contributed by atoms with van der Waals surface area (Å²) in [7, 11) is 0. The minimum atomic E-state index is -2.52. The summed E-state index contributed by atoms with van der Waals surface area (Å²) in [5, 5.41) is 19.3. The SMILES string of the molecule is O=C(O)c1cc(S(=O)[O-])ccc1[O-].[Na+].[Na+]. The van der Waals surface area contributed by atoms with Crippen LogP contribution in [0.25, 0.3) is 0 Å². The first kappa shape index (κ1) is 18.0. The van der Waals surface area contributed by atoms with Crippen molar-refractivity contribution in [2.45, 2.75) is 4.90 Å². The van der Waals surface area contributed by atoms with Crippen molar-refractivity contribution >= 4 is 17.0 Å². The van der Waals surface area contributed by atoms with Crippen LogP contribution in [0.4, 0.5) is 0 Å². The summed E-state index contributed by atoms with van der Waals surface area (Å²) in [6, 6.07) is 2.79. The molecule has 0 saturated heterocycles. The van der Waals surface area contributed by atoms with Gasteiger partial charge in [0.2, 0.25) is 0 Å². The number of rotatable bonds is 2. The molecule has 0 heterocycles. The molecule has 1 aromatic carbocycles. The maximum atomic E-state index is 10.9. The quantitative estimate of drug-likeness (QED) is 0.413. The molecule has 15 heavy (non-hydrogen) atoms. The van der Waals surface area contributed by atoms with Crippen molar-refractivity contribution in [2.75, 3.05) is 0 Å². The Morgan fingerprint density at radius 2 is 1.87 bits per heavy atom. The molecule has 8 heteroatoms. The Bertz CT molecular complexity index is 382. The fraction of sp³-hybridized carbons (Fsp3) is 0. The number of hydrogen-bond acceptors (Lipinski definition) is 4. The van der Waals surface area contributed by atoms with Gasteiger partial charge in [-0.3, -0.25) is 4.21 Å². The molecule has 0 aliphatic rings. The summed E-state index contributed by atoms with van der Waals surface area (Å²) in [6.07, 6.45) is 0. The fourth-order valence-corrected chi connectivity index (χ4v) is 1.17. The van der Waals surface area contributed by atoms with Crippen LogP contribution in [-0.4, -0.2) is 19.8 Å². The van der Waals surface area contributed by atoms with E-state index in [1.165, 1.54) is 0 Å². The molecule has 1 atom stereocenters. The molecule has 5 nitrogen and oxygen atoms in total. The molecule has 1 unspecified atom stereocenters. The fourth-order valence-electron chi connectivity index (χ4n) is 0.780. The first-order valence-corrected chi connectivity index (χ1v) is 4.23. The van der Waals surface area contributed by atoms with Crippen LogP contribution in [0.15, 0.2) is 23.1 Å². The molecule has 70 valence electrons. The third-order valence-corrected chi connectivity index (χ3v) is 2.01. The van der Waals surface area contributed by atoms with E-state index in [1.807, 2.05) is 0 Å². The zero-order chi connectivity index (χ0) is 10.0. The summed E-state index contributed by atoms with van der Waals surface area (Å²) in [5.41, 5.74) is -0.540. The first-order chi connectivity index (χ1) is 6.02. The number of aromatic carboxylic acids is 1. The zero-order valence-electron chi connectivity index (χ0n) is 8.22. The van der Waals surface area contributed by atoms with Gasteiger partial charge >= 0.3 is 65.1 Å². The molecule has 0 amide bonds. The van der Waals surface area contributed by atoms with E-state index in [9.17, 15) is 18.7 Å². The van der Waals surface area contributed by atoms with Gasteiger partial charge in [-0.25, -0.2) is 4.79 Å². The Morgan fingerprint density at radius 1 is 1.33 bits per heavy atom. The van der Waals surface area contributed by atoms with E-state index in [0.29, 0.717) is 0 Å². The second-order valence-electron chi connectivity index (χ2n) is 2.20. The molecule has 1 rings (SSSR count). The first-order valence-electron chi connectivity index (χ1n) is 3.16. The van der Waals surface area contributed by atoms with Crippen LogP contribution in [0.5, 0.6) is 5.75 Å². The summed E-state index contributed by atoms with van der Waals surface area (Å²) in [4.78, 5) is 10.2. The molecule has 0 saturated carbocycles. The zero-order valence-corrected chi connectivity index (χ0v) is 13.0. The number of carboxylic acid groups (broad SMARTS) is 1. The average molecular weight is 246 g/mol. The maximum Gasteiger partial charge on any atom is 1.00 e. The molecular formula is C7H4Na2O5S. The Kier molecular flexibility index (Phi) is 9.36. The Balaban J connectivity index is 0. The van der Waals surface area contributed by atoms with Crippen molar-refractivity contribution in [3.05, 3.63) is 23.8 Å². The van der Waals surface area contributed by atoms with Gasteiger partial charge in [-0.05, 0) is 23.2 Å². The van der Waals surface area contributed by atoms with Crippen LogP contribution in [0.3, 0.4) is 0 Å². The molecule has 0 aliphatic carbocycles. The Hall–Kier alpha value is 0.600. The summed E-state index contributed by atoms with van der Waals surface area (Å²) in [5.74, 6) is -2.14. The van der Waals surface area contributed by atoms with Crippen molar-refractivity contribution in [2.24, 2.45) is 0 Å². The van der Waals surface area contributed by atoms with Crippen LogP contribution < -0.4 is 64.2 Å². The van der Waals surface area contributed by atoms with E-state index in [-0.39, 0.29) is 64.0 Å². The topological polar surface area (TPSA) is 100 Å². The second-order valence-corrected chi connectivity index (χ2v) is 3.14. The summed E-state index contributed by atoms with van der Waals surface area (Å²) in [6.45, 7) is 0. The molecular weight excluding hydrogens is 242 g/mol. The third kappa shape index (κ3) is 4.97. The van der Waals surface area contributed by atoms with Crippen LogP contribution in [0.2, 0.25) is 0 Å². The smallest absolute Gasteiger partial charge is 0.872 e. The number of carboxylic acids is 1. The number of hydrogen-bond donors (Lipinski definition) is 1. The van der Waals surface area contributed by atoms with Gasteiger partial charge in [-0.15, -0.1) is 0 Å². The van der Waals surface area contributed by atoms with Crippen LogP contribution in [0, 0.1) is 0 Å². The van der Waals surface area contributed by atoms with Gasteiger partial charge in [0.1, 0.15) is 0 Å². The molecule has 0 aliphatic heterocycles. The predicted molar refractivity (Wildman–Crippen MR) is 40.0 cm³/mol. The maximum absolute atomic E-state index is 10.9. The minimum Gasteiger partial charge on any atom is -0.872 e. The van der Waals surface area contributed by atoms with Crippen molar-refractivity contribution in [1.82, 2.24) is 0 Å². The molecule has 0 fully saturated rings. The van der Waals surface area contributed by atoms with Crippen molar-refractivity contribution in [3.63, 3.8) is 0 Å². The van der Waals surface area contributed by atoms with E-state index in [4.69, 9.17) is 5.11 Å². The molecule has 1 N–H and O–H groups in total. The molecule has 0 radical (unpaired) electrons. The van der Waals surface area contributed by atoms with Gasteiger partial charge in [0.25, 0.3) is 0 Å². The van der Waals surface area contributed by atoms with Crippen LogP contribution >= 0.6 is 0 Å². The minimum absolute atomic E-state index is 0. The number of carbonyl (C=O) groups is 1. The Labute approximate surface area is 133 Å². The van der Waals surface area contributed by atoms with Gasteiger partial charge in [0, 0.05) is 4.90 Å². The van der Waals surface area contributed by atoms with Crippen LogP contribution in [0.1, 0.15) is 10.4 Å². The van der Waals surface area contributed by atoms with E-state index in [0.717, 1.165) is 18.2 Å². The normalized spacial score (nSPS) is 10.7. The van der Waals surface area contributed by atoms with Crippen molar-refractivity contribution in [3.8, 4) is 5.75 Å². The van der Waals surface area contributed by atoms with Crippen LogP contribution in [-0.2, 0) is 11.1 Å². The van der Waals surface area contributed by atoms with E-state index in [1.54, 1.807) is 0 Å². The number of benzene rings is 1. The molecule has 0 bridgehead atoms. The monoisotopic (exact) mass is 246 g/mol. The van der Waals surface area contributed by atoms with Gasteiger partial charge in [0.15, 0.2) is 0 Å². The van der Waals surface area contributed by atoms with E-state index in [2.05, 4.69) is 0 Å². The third-order valence-electron chi connectivity index (χ3n) is 1.37. The van der Waals surface area contributed by atoms with Gasteiger partial charge in [-0.1, -0.05) is 11.8 Å². The van der Waals surface area contributed by atoms with Gasteiger partial charge < -0.3 is 14.8 Å². The predicted octanol–water partition coefficient (Wildman–Crippen LogP) is -6.30. The van der Waals surface area contributed by atoms with Crippen molar-refractivity contribution in [1.29, 1.82) is 0 Å².